The van der Waals surface area contributed by atoms with Crippen LogP contribution in [0.5, 0.6) is 0 Å². The number of benzene rings is 2. The third-order valence-corrected chi connectivity index (χ3v) is 2.51. The summed E-state index contributed by atoms with van der Waals surface area (Å²) in [6, 6.07) is 8.43. The lowest BCUT2D eigenvalue weighted by atomic mass is 10.1. The molecule has 0 spiro atoms. The summed E-state index contributed by atoms with van der Waals surface area (Å²) in [4.78, 5) is 11.8. The minimum absolute atomic E-state index is 0.105. The SMILES string of the molecule is N#Cc1cccc(C(=O)Nc2cc(F)c(F)cc2F)c1. The number of anilines is 1. The Balaban J connectivity index is 2.28. The predicted molar refractivity (Wildman–Crippen MR) is 65.4 cm³/mol. The van der Waals surface area contributed by atoms with Gasteiger partial charge in [-0.1, -0.05) is 6.07 Å². The molecular weight excluding hydrogens is 269 g/mol. The van der Waals surface area contributed by atoms with E-state index in [2.05, 4.69) is 5.32 Å². The number of amides is 1. The molecule has 0 aliphatic heterocycles. The van der Waals surface area contributed by atoms with Crippen molar-refractivity contribution in [3.63, 3.8) is 0 Å². The molecule has 0 aliphatic carbocycles. The van der Waals surface area contributed by atoms with Crippen molar-refractivity contribution < 1.29 is 18.0 Å². The van der Waals surface area contributed by atoms with Gasteiger partial charge in [0, 0.05) is 17.7 Å². The second kappa shape index (κ2) is 5.45. The number of nitrogens with zero attached hydrogens (tertiary/aromatic N) is 1. The number of halogens is 3. The normalized spacial score (nSPS) is 9.90. The summed E-state index contributed by atoms with van der Waals surface area (Å²) >= 11 is 0. The first kappa shape index (κ1) is 13.6. The smallest absolute Gasteiger partial charge is 0.255 e. The van der Waals surface area contributed by atoms with Crippen molar-refractivity contribution in [2.75, 3.05) is 5.32 Å². The third kappa shape index (κ3) is 2.78. The van der Waals surface area contributed by atoms with Crippen LogP contribution >= 0.6 is 0 Å². The van der Waals surface area contributed by atoms with Crippen molar-refractivity contribution in [1.29, 1.82) is 5.26 Å². The Kier molecular flexibility index (Phi) is 3.71. The molecule has 3 nitrogen and oxygen atoms in total. The molecule has 20 heavy (non-hydrogen) atoms. The first-order chi connectivity index (χ1) is 9.51. The number of rotatable bonds is 2. The lowest BCUT2D eigenvalue weighted by Crippen LogP contribution is -2.13. The van der Waals surface area contributed by atoms with Crippen LogP contribution in [0.25, 0.3) is 0 Å². The second-order valence-corrected chi connectivity index (χ2v) is 3.89. The summed E-state index contributed by atoms with van der Waals surface area (Å²) in [7, 11) is 0. The number of hydrogen-bond acceptors (Lipinski definition) is 2. The summed E-state index contributed by atoms with van der Waals surface area (Å²) in [5, 5.41) is 10.8. The average molecular weight is 276 g/mol. The van der Waals surface area contributed by atoms with E-state index in [1.165, 1.54) is 24.3 Å². The van der Waals surface area contributed by atoms with E-state index in [1.807, 2.05) is 6.07 Å². The van der Waals surface area contributed by atoms with Crippen molar-refractivity contribution in [3.05, 3.63) is 65.0 Å². The zero-order valence-electron chi connectivity index (χ0n) is 9.95. The van der Waals surface area contributed by atoms with Crippen LogP contribution < -0.4 is 5.32 Å². The van der Waals surface area contributed by atoms with Gasteiger partial charge in [0.05, 0.1) is 17.3 Å². The van der Waals surface area contributed by atoms with E-state index in [4.69, 9.17) is 5.26 Å². The highest BCUT2D eigenvalue weighted by Gasteiger charge is 2.13. The molecule has 0 bridgehead atoms. The summed E-state index contributed by atoms with van der Waals surface area (Å²) in [6.45, 7) is 0. The molecule has 1 N–H and O–H groups in total. The highest BCUT2D eigenvalue weighted by molar-refractivity contribution is 6.04. The van der Waals surface area contributed by atoms with E-state index in [1.54, 1.807) is 0 Å². The van der Waals surface area contributed by atoms with Crippen LogP contribution in [0.3, 0.4) is 0 Å². The molecule has 0 unspecified atom stereocenters. The van der Waals surface area contributed by atoms with E-state index >= 15 is 0 Å². The Bertz CT molecular complexity index is 723. The first-order valence-electron chi connectivity index (χ1n) is 5.47. The van der Waals surface area contributed by atoms with Gasteiger partial charge in [0.2, 0.25) is 0 Å². The van der Waals surface area contributed by atoms with E-state index < -0.39 is 29.0 Å². The molecule has 0 radical (unpaired) electrons. The molecule has 6 heteroatoms. The van der Waals surface area contributed by atoms with Crippen LogP contribution in [0.4, 0.5) is 18.9 Å². The van der Waals surface area contributed by atoms with Crippen molar-refractivity contribution in [2.45, 2.75) is 0 Å². The monoisotopic (exact) mass is 276 g/mol. The summed E-state index contributed by atoms with van der Waals surface area (Å²) in [5.41, 5.74) is -0.118. The van der Waals surface area contributed by atoms with Crippen LogP contribution in [-0.2, 0) is 0 Å². The second-order valence-electron chi connectivity index (χ2n) is 3.89. The molecule has 0 aliphatic rings. The average Bonchev–Trinajstić information content (AvgIpc) is 2.44. The zero-order valence-corrected chi connectivity index (χ0v) is 9.95. The van der Waals surface area contributed by atoms with Gasteiger partial charge in [0.25, 0.3) is 5.91 Å². The topological polar surface area (TPSA) is 52.9 Å². The predicted octanol–water partition coefficient (Wildman–Crippen LogP) is 3.23. The number of carbonyl (C=O) groups excluding carboxylic acids is 1. The molecule has 100 valence electrons. The Hall–Kier alpha value is -2.81. The van der Waals surface area contributed by atoms with Crippen molar-refractivity contribution in [1.82, 2.24) is 0 Å². The van der Waals surface area contributed by atoms with Gasteiger partial charge >= 0.3 is 0 Å². The molecule has 2 aromatic rings. The summed E-state index contributed by atoms with van der Waals surface area (Å²) in [6.07, 6.45) is 0. The van der Waals surface area contributed by atoms with E-state index in [0.29, 0.717) is 12.1 Å². The molecule has 1 amide bonds. The lowest BCUT2D eigenvalue weighted by molar-refractivity contribution is 0.102. The maximum absolute atomic E-state index is 13.4. The fourth-order valence-corrected chi connectivity index (χ4v) is 1.54. The maximum Gasteiger partial charge on any atom is 0.255 e. The number of nitriles is 1. The molecular formula is C14H7F3N2O. The minimum Gasteiger partial charge on any atom is -0.319 e. The van der Waals surface area contributed by atoms with Gasteiger partial charge in [-0.15, -0.1) is 0 Å². The van der Waals surface area contributed by atoms with Crippen LogP contribution in [0.15, 0.2) is 36.4 Å². The highest BCUT2D eigenvalue weighted by atomic mass is 19.2. The molecule has 2 aromatic carbocycles. The standard InChI is InChI=1S/C14H7F3N2O/c15-10-5-12(17)13(6-11(10)16)19-14(20)9-3-1-2-8(4-9)7-18/h1-6H,(H,19,20). The Morgan fingerprint density at radius 2 is 1.75 bits per heavy atom. The summed E-state index contributed by atoms with van der Waals surface area (Å²) < 4.78 is 39.1. The van der Waals surface area contributed by atoms with Crippen molar-refractivity contribution >= 4 is 11.6 Å². The lowest BCUT2D eigenvalue weighted by Gasteiger charge is -2.07. The van der Waals surface area contributed by atoms with Gasteiger partial charge in [0.1, 0.15) is 5.82 Å². The highest BCUT2D eigenvalue weighted by Crippen LogP contribution is 2.19. The first-order valence-corrected chi connectivity index (χ1v) is 5.47. The van der Waals surface area contributed by atoms with E-state index in [0.717, 1.165) is 0 Å². The fourth-order valence-electron chi connectivity index (χ4n) is 1.54. The molecule has 0 aromatic heterocycles. The number of carbonyl (C=O) groups is 1. The molecule has 0 saturated heterocycles. The Morgan fingerprint density at radius 1 is 1.05 bits per heavy atom. The van der Waals surface area contributed by atoms with Crippen molar-refractivity contribution in [3.8, 4) is 6.07 Å². The maximum atomic E-state index is 13.4. The van der Waals surface area contributed by atoms with Crippen LogP contribution in [0.2, 0.25) is 0 Å². The largest absolute Gasteiger partial charge is 0.319 e. The third-order valence-electron chi connectivity index (χ3n) is 2.51. The number of hydrogen-bond donors (Lipinski definition) is 1. The van der Waals surface area contributed by atoms with Gasteiger partial charge in [-0.3, -0.25) is 4.79 Å². The van der Waals surface area contributed by atoms with E-state index in [-0.39, 0.29) is 11.1 Å². The van der Waals surface area contributed by atoms with Gasteiger partial charge in [-0.05, 0) is 18.2 Å². The molecule has 0 saturated carbocycles. The van der Waals surface area contributed by atoms with Crippen LogP contribution in [0.1, 0.15) is 15.9 Å². The number of nitrogens with one attached hydrogen (secondary N) is 1. The Labute approximate surface area is 112 Å². The molecule has 0 fully saturated rings. The quantitative estimate of drug-likeness (QED) is 0.856. The van der Waals surface area contributed by atoms with Gasteiger partial charge in [-0.2, -0.15) is 5.26 Å². The van der Waals surface area contributed by atoms with Gasteiger partial charge in [0.15, 0.2) is 11.6 Å². The van der Waals surface area contributed by atoms with Crippen molar-refractivity contribution in [2.24, 2.45) is 0 Å². The van der Waals surface area contributed by atoms with Crippen LogP contribution in [0, 0.1) is 28.8 Å². The zero-order chi connectivity index (χ0) is 14.7. The molecule has 2 rings (SSSR count). The molecule has 0 atom stereocenters. The Morgan fingerprint density at radius 3 is 2.45 bits per heavy atom. The fraction of sp³-hybridized carbons (Fsp3) is 0. The summed E-state index contributed by atoms with van der Waals surface area (Å²) in [5.74, 6) is -4.43. The van der Waals surface area contributed by atoms with Gasteiger partial charge < -0.3 is 5.32 Å². The van der Waals surface area contributed by atoms with Crippen LogP contribution in [-0.4, -0.2) is 5.91 Å². The van der Waals surface area contributed by atoms with Gasteiger partial charge in [-0.25, -0.2) is 13.2 Å². The minimum atomic E-state index is -1.34. The van der Waals surface area contributed by atoms with E-state index in [9.17, 15) is 18.0 Å². The molecule has 0 heterocycles.